The summed E-state index contributed by atoms with van der Waals surface area (Å²) in [6.45, 7) is -0.326. The molecule has 2 atom stereocenters. The van der Waals surface area contributed by atoms with E-state index in [1.54, 1.807) is 4.90 Å². The highest BCUT2D eigenvalue weighted by atomic mass is 19.2. The van der Waals surface area contributed by atoms with E-state index < -0.39 is 40.8 Å². The maximum Gasteiger partial charge on any atom is 0.200 e. The summed E-state index contributed by atoms with van der Waals surface area (Å²) in [5.41, 5.74) is -0.792. The second-order valence-electron chi connectivity index (χ2n) is 5.73. The Morgan fingerprint density at radius 1 is 0.810 bits per heavy atom. The third-order valence-electron chi connectivity index (χ3n) is 4.50. The predicted octanol–water partition coefficient (Wildman–Crippen LogP) is 2.87. The molecule has 2 heterocycles. The number of rotatable bonds is 2. The Morgan fingerprint density at radius 3 is 1.71 bits per heavy atom. The first-order chi connectivity index (χ1) is 9.90. The van der Waals surface area contributed by atoms with Crippen LogP contribution in [-0.2, 0) is 6.54 Å². The number of nitrogens with zero attached hydrogens (tertiary/aromatic N) is 1. The molecule has 2 fully saturated rings. The predicted molar refractivity (Wildman–Crippen MR) is 63.8 cm³/mol. The van der Waals surface area contributed by atoms with Crippen molar-refractivity contribution >= 4 is 0 Å². The average molecular weight is 307 g/mol. The number of aliphatic hydroxyl groups is 1. The van der Waals surface area contributed by atoms with Crippen LogP contribution in [0.25, 0.3) is 0 Å². The molecule has 0 aliphatic carbocycles. The van der Waals surface area contributed by atoms with Crippen molar-refractivity contribution in [2.24, 2.45) is 0 Å². The molecule has 0 spiro atoms. The summed E-state index contributed by atoms with van der Waals surface area (Å²) in [5.74, 6) is -9.48. The zero-order valence-corrected chi connectivity index (χ0v) is 11.1. The van der Waals surface area contributed by atoms with Gasteiger partial charge in [0.25, 0.3) is 0 Å². The van der Waals surface area contributed by atoms with Gasteiger partial charge in [-0.15, -0.1) is 0 Å². The fourth-order valence-corrected chi connectivity index (χ4v) is 3.48. The van der Waals surface area contributed by atoms with Crippen molar-refractivity contribution in [1.82, 2.24) is 4.90 Å². The normalized spacial score (nSPS) is 29.1. The molecule has 1 N–H and O–H groups in total. The van der Waals surface area contributed by atoms with Gasteiger partial charge in [0, 0.05) is 24.2 Å². The summed E-state index contributed by atoms with van der Waals surface area (Å²) < 4.78 is 66.9. The van der Waals surface area contributed by atoms with Gasteiger partial charge in [-0.05, 0) is 25.7 Å². The number of aliphatic hydroxyl groups excluding tert-OH is 1. The molecule has 2 aliphatic heterocycles. The van der Waals surface area contributed by atoms with E-state index in [1.807, 2.05) is 0 Å². The van der Waals surface area contributed by atoms with Crippen LogP contribution in [0.2, 0.25) is 0 Å². The van der Waals surface area contributed by atoms with Gasteiger partial charge >= 0.3 is 0 Å². The lowest BCUT2D eigenvalue weighted by Gasteiger charge is -2.37. The minimum Gasteiger partial charge on any atom is -0.393 e. The minimum atomic E-state index is -2.13. The summed E-state index contributed by atoms with van der Waals surface area (Å²) in [4.78, 5) is 1.74. The molecule has 0 aromatic heterocycles. The number of piperidine rings is 1. The zero-order chi connectivity index (χ0) is 15.3. The summed E-state index contributed by atoms with van der Waals surface area (Å²) in [5, 5.41) is 9.66. The number of halogens is 5. The van der Waals surface area contributed by atoms with Gasteiger partial charge in [-0.1, -0.05) is 0 Å². The molecule has 0 radical (unpaired) electrons. The fraction of sp³-hybridized carbons (Fsp3) is 0.571. The van der Waals surface area contributed by atoms with Crippen LogP contribution in [0.1, 0.15) is 31.2 Å². The molecule has 21 heavy (non-hydrogen) atoms. The van der Waals surface area contributed by atoms with E-state index in [0.29, 0.717) is 12.8 Å². The van der Waals surface area contributed by atoms with Gasteiger partial charge in [0.1, 0.15) is 0 Å². The van der Waals surface area contributed by atoms with Crippen LogP contribution in [-0.4, -0.2) is 28.2 Å². The molecule has 2 nitrogen and oxygen atoms in total. The molecule has 116 valence electrons. The van der Waals surface area contributed by atoms with Crippen molar-refractivity contribution in [2.75, 3.05) is 0 Å². The first kappa shape index (κ1) is 14.7. The Hall–Kier alpha value is -1.21. The Morgan fingerprint density at radius 2 is 1.24 bits per heavy atom. The van der Waals surface area contributed by atoms with Crippen LogP contribution in [0, 0.1) is 29.1 Å². The van der Waals surface area contributed by atoms with Gasteiger partial charge in [0.2, 0.25) is 5.82 Å². The molecular weight excluding hydrogens is 293 g/mol. The summed E-state index contributed by atoms with van der Waals surface area (Å²) in [6.07, 6.45) is 1.99. The second-order valence-corrected chi connectivity index (χ2v) is 5.73. The zero-order valence-electron chi connectivity index (χ0n) is 11.1. The number of hydrogen-bond acceptors (Lipinski definition) is 2. The largest absolute Gasteiger partial charge is 0.393 e. The standard InChI is InChI=1S/C14H14F5NO/c15-10-9(11(16)13(18)14(19)12(10)17)5-20-6-1-2-7(20)4-8(21)3-6/h6-8,21H,1-5H2. The van der Waals surface area contributed by atoms with Crippen LogP contribution in [0.3, 0.4) is 0 Å². The average Bonchev–Trinajstić information content (AvgIpc) is 2.69. The number of benzene rings is 1. The van der Waals surface area contributed by atoms with E-state index in [2.05, 4.69) is 0 Å². The van der Waals surface area contributed by atoms with Crippen LogP contribution >= 0.6 is 0 Å². The third kappa shape index (κ3) is 2.32. The monoisotopic (exact) mass is 307 g/mol. The molecule has 3 rings (SSSR count). The van der Waals surface area contributed by atoms with Gasteiger partial charge < -0.3 is 5.11 Å². The maximum atomic E-state index is 13.7. The second kappa shape index (κ2) is 5.21. The highest BCUT2D eigenvalue weighted by molar-refractivity contribution is 5.24. The van der Waals surface area contributed by atoms with E-state index in [0.717, 1.165) is 12.8 Å². The van der Waals surface area contributed by atoms with Gasteiger partial charge in [-0.3, -0.25) is 4.90 Å². The molecule has 0 saturated carbocycles. The topological polar surface area (TPSA) is 23.5 Å². The van der Waals surface area contributed by atoms with Crippen molar-refractivity contribution in [3.8, 4) is 0 Å². The van der Waals surface area contributed by atoms with Crippen LogP contribution in [0.15, 0.2) is 0 Å². The molecule has 2 saturated heterocycles. The number of fused-ring (bicyclic) bond motifs is 2. The molecule has 7 heteroatoms. The lowest BCUT2D eigenvalue weighted by atomic mass is 9.99. The maximum absolute atomic E-state index is 13.7. The smallest absolute Gasteiger partial charge is 0.200 e. The van der Waals surface area contributed by atoms with E-state index in [4.69, 9.17) is 0 Å². The van der Waals surface area contributed by atoms with Crippen molar-refractivity contribution in [1.29, 1.82) is 0 Å². The van der Waals surface area contributed by atoms with Crippen LogP contribution in [0.5, 0.6) is 0 Å². The van der Waals surface area contributed by atoms with Crippen LogP contribution in [0.4, 0.5) is 22.0 Å². The van der Waals surface area contributed by atoms with Crippen molar-refractivity contribution < 1.29 is 27.1 Å². The first-order valence-electron chi connectivity index (χ1n) is 6.84. The molecule has 2 bridgehead atoms. The minimum absolute atomic E-state index is 0.0753. The number of hydrogen-bond donors (Lipinski definition) is 1. The Labute approximate surface area is 118 Å². The molecular formula is C14H14F5NO. The molecule has 2 aliphatic rings. The molecule has 1 aromatic carbocycles. The molecule has 1 aromatic rings. The SMILES string of the molecule is OC1CC2CCC(C1)N2Cc1c(F)c(F)c(F)c(F)c1F. The van der Waals surface area contributed by atoms with Crippen molar-refractivity contribution in [3.63, 3.8) is 0 Å². The van der Waals surface area contributed by atoms with Crippen LogP contribution < -0.4 is 0 Å². The third-order valence-corrected chi connectivity index (χ3v) is 4.50. The van der Waals surface area contributed by atoms with E-state index >= 15 is 0 Å². The van der Waals surface area contributed by atoms with E-state index in [9.17, 15) is 27.1 Å². The summed E-state index contributed by atoms with van der Waals surface area (Å²) in [6, 6.07) is -0.151. The Kier molecular flexibility index (Phi) is 3.65. The molecule has 0 amide bonds. The van der Waals surface area contributed by atoms with Gasteiger partial charge in [-0.2, -0.15) is 0 Å². The van der Waals surface area contributed by atoms with Gasteiger partial charge in [0.15, 0.2) is 23.3 Å². The van der Waals surface area contributed by atoms with E-state index in [-0.39, 0.29) is 18.6 Å². The van der Waals surface area contributed by atoms with E-state index in [1.165, 1.54) is 0 Å². The summed E-state index contributed by atoms with van der Waals surface area (Å²) >= 11 is 0. The quantitative estimate of drug-likeness (QED) is 0.516. The Bertz CT molecular complexity index is 536. The van der Waals surface area contributed by atoms with Gasteiger partial charge in [0.05, 0.1) is 6.10 Å². The van der Waals surface area contributed by atoms with Gasteiger partial charge in [-0.25, -0.2) is 22.0 Å². The summed E-state index contributed by atoms with van der Waals surface area (Å²) in [7, 11) is 0. The van der Waals surface area contributed by atoms with Crippen molar-refractivity contribution in [3.05, 3.63) is 34.6 Å². The highest BCUT2D eigenvalue weighted by Gasteiger charge is 2.41. The highest BCUT2D eigenvalue weighted by Crippen LogP contribution is 2.37. The Balaban J connectivity index is 1.93. The van der Waals surface area contributed by atoms with Crippen molar-refractivity contribution in [2.45, 2.75) is 50.4 Å². The fourth-order valence-electron chi connectivity index (χ4n) is 3.48. The molecule has 2 unspecified atom stereocenters. The first-order valence-corrected chi connectivity index (χ1v) is 6.84. The lowest BCUT2D eigenvalue weighted by Crippen LogP contribution is -2.44. The lowest BCUT2D eigenvalue weighted by molar-refractivity contribution is 0.0296.